The highest BCUT2D eigenvalue weighted by Crippen LogP contribution is 2.08. The molecule has 4 nitrogen and oxygen atoms in total. The molecule has 0 spiro atoms. The molecule has 3 N–H and O–H groups in total. The lowest BCUT2D eigenvalue weighted by Crippen LogP contribution is -2.41. The third-order valence-corrected chi connectivity index (χ3v) is 2.97. The molecule has 0 bridgehead atoms. The summed E-state index contributed by atoms with van der Waals surface area (Å²) < 4.78 is 0. The Bertz CT molecular complexity index is 353. The third-order valence-electron chi connectivity index (χ3n) is 2.97. The van der Waals surface area contributed by atoms with Crippen molar-refractivity contribution in [2.75, 3.05) is 20.1 Å². The molecule has 1 unspecified atom stereocenters. The van der Waals surface area contributed by atoms with E-state index in [1.807, 2.05) is 32.2 Å². The van der Waals surface area contributed by atoms with Gasteiger partial charge < -0.3 is 11.1 Å². The lowest BCUT2D eigenvalue weighted by molar-refractivity contribution is -0.122. The minimum Gasteiger partial charge on any atom is -0.356 e. The van der Waals surface area contributed by atoms with Gasteiger partial charge in [0.25, 0.3) is 0 Å². The summed E-state index contributed by atoms with van der Waals surface area (Å²) in [6, 6.07) is 10.3. The molecule has 1 aromatic carbocycles. The Morgan fingerprint density at radius 2 is 2.06 bits per heavy atom. The van der Waals surface area contributed by atoms with Gasteiger partial charge in [-0.25, -0.2) is 0 Å². The fourth-order valence-electron chi connectivity index (χ4n) is 1.90. The second-order valence-corrected chi connectivity index (χ2v) is 4.45. The van der Waals surface area contributed by atoms with Crippen LogP contribution in [-0.2, 0) is 11.3 Å². The maximum Gasteiger partial charge on any atom is 0.221 e. The van der Waals surface area contributed by atoms with Gasteiger partial charge in [0, 0.05) is 32.1 Å². The highest BCUT2D eigenvalue weighted by atomic mass is 16.1. The van der Waals surface area contributed by atoms with Gasteiger partial charge in [0.2, 0.25) is 5.91 Å². The molecule has 4 heteroatoms. The molecule has 1 rings (SSSR count). The van der Waals surface area contributed by atoms with E-state index in [0.29, 0.717) is 19.5 Å². The minimum atomic E-state index is 0.0628. The summed E-state index contributed by atoms with van der Waals surface area (Å²) >= 11 is 0. The van der Waals surface area contributed by atoms with Crippen LogP contribution >= 0.6 is 0 Å². The van der Waals surface area contributed by atoms with Crippen molar-refractivity contribution in [3.05, 3.63) is 35.9 Å². The van der Waals surface area contributed by atoms with Crippen LogP contribution in [0.4, 0.5) is 0 Å². The highest BCUT2D eigenvalue weighted by molar-refractivity contribution is 5.76. The van der Waals surface area contributed by atoms with Gasteiger partial charge in [-0.1, -0.05) is 30.3 Å². The highest BCUT2D eigenvalue weighted by Gasteiger charge is 2.16. The summed E-state index contributed by atoms with van der Waals surface area (Å²) in [6.07, 6.45) is 0.452. The first kappa shape index (κ1) is 14.7. The number of hydrogen-bond donors (Lipinski definition) is 2. The fraction of sp³-hybridized carbons (Fsp3) is 0.500. The van der Waals surface area contributed by atoms with Crippen LogP contribution in [0, 0.1) is 0 Å². The van der Waals surface area contributed by atoms with Crippen molar-refractivity contribution in [3.63, 3.8) is 0 Å². The van der Waals surface area contributed by atoms with Gasteiger partial charge >= 0.3 is 0 Å². The Balaban J connectivity index is 2.51. The molecule has 1 atom stereocenters. The van der Waals surface area contributed by atoms with Crippen LogP contribution in [0.3, 0.4) is 0 Å². The zero-order valence-electron chi connectivity index (χ0n) is 11.2. The van der Waals surface area contributed by atoms with Crippen LogP contribution in [0.5, 0.6) is 0 Å². The Labute approximate surface area is 109 Å². The van der Waals surface area contributed by atoms with E-state index in [1.165, 1.54) is 5.56 Å². The molecule has 0 aliphatic carbocycles. The number of rotatable bonds is 7. The van der Waals surface area contributed by atoms with E-state index in [-0.39, 0.29) is 11.9 Å². The number of amides is 1. The summed E-state index contributed by atoms with van der Waals surface area (Å²) in [5.74, 6) is 0.0628. The van der Waals surface area contributed by atoms with Gasteiger partial charge in [0.1, 0.15) is 0 Å². The standard InChI is InChI=1S/C14H23N3O/c1-3-16-14(18)9-13(10-15)17(2)11-12-7-5-4-6-8-12/h4-8,13H,3,9-11,15H2,1-2H3,(H,16,18). The number of carbonyl (C=O) groups is 1. The van der Waals surface area contributed by atoms with Crippen LogP contribution in [-0.4, -0.2) is 37.0 Å². The molecular formula is C14H23N3O. The minimum absolute atomic E-state index is 0.0628. The maximum absolute atomic E-state index is 11.6. The molecule has 0 aromatic heterocycles. The summed E-state index contributed by atoms with van der Waals surface area (Å²) in [7, 11) is 2.00. The van der Waals surface area contributed by atoms with E-state index < -0.39 is 0 Å². The summed E-state index contributed by atoms with van der Waals surface area (Å²) in [5.41, 5.74) is 6.98. The normalized spacial score (nSPS) is 12.4. The van der Waals surface area contributed by atoms with Gasteiger partial charge in [0.15, 0.2) is 0 Å². The molecule has 0 heterocycles. The van der Waals surface area contributed by atoms with Gasteiger partial charge in [-0.15, -0.1) is 0 Å². The number of nitrogens with zero attached hydrogens (tertiary/aromatic N) is 1. The van der Waals surface area contributed by atoms with Crippen LogP contribution in [0.1, 0.15) is 18.9 Å². The van der Waals surface area contributed by atoms with Crippen molar-refractivity contribution < 1.29 is 4.79 Å². The molecule has 18 heavy (non-hydrogen) atoms. The average molecular weight is 249 g/mol. The smallest absolute Gasteiger partial charge is 0.221 e. The van der Waals surface area contributed by atoms with Crippen molar-refractivity contribution in [2.45, 2.75) is 25.9 Å². The quantitative estimate of drug-likeness (QED) is 0.757. The average Bonchev–Trinajstić information content (AvgIpc) is 2.37. The van der Waals surface area contributed by atoms with Crippen molar-refractivity contribution >= 4 is 5.91 Å². The molecule has 0 radical (unpaired) electrons. The van der Waals surface area contributed by atoms with Crippen LogP contribution in [0.25, 0.3) is 0 Å². The SMILES string of the molecule is CCNC(=O)CC(CN)N(C)Cc1ccccc1. The Hall–Kier alpha value is -1.39. The molecular weight excluding hydrogens is 226 g/mol. The van der Waals surface area contributed by atoms with Crippen molar-refractivity contribution in [1.82, 2.24) is 10.2 Å². The lowest BCUT2D eigenvalue weighted by Gasteiger charge is -2.26. The monoisotopic (exact) mass is 249 g/mol. The second kappa shape index (κ2) is 7.84. The molecule has 0 saturated heterocycles. The number of hydrogen-bond acceptors (Lipinski definition) is 3. The molecule has 0 fully saturated rings. The van der Waals surface area contributed by atoms with E-state index in [4.69, 9.17) is 5.73 Å². The lowest BCUT2D eigenvalue weighted by atomic mass is 10.1. The van der Waals surface area contributed by atoms with E-state index in [1.54, 1.807) is 0 Å². The summed E-state index contributed by atoms with van der Waals surface area (Å²) in [6.45, 7) is 3.88. The number of nitrogens with two attached hydrogens (primary N) is 1. The van der Waals surface area contributed by atoms with Crippen molar-refractivity contribution in [2.24, 2.45) is 5.73 Å². The number of likely N-dealkylation sites (N-methyl/N-ethyl adjacent to an activating group) is 1. The van der Waals surface area contributed by atoms with Gasteiger partial charge in [-0.3, -0.25) is 9.69 Å². The van der Waals surface area contributed by atoms with E-state index >= 15 is 0 Å². The first-order chi connectivity index (χ1) is 8.67. The van der Waals surface area contributed by atoms with Gasteiger partial charge in [-0.2, -0.15) is 0 Å². The third kappa shape index (κ3) is 4.85. The molecule has 100 valence electrons. The zero-order chi connectivity index (χ0) is 13.4. The predicted octanol–water partition coefficient (Wildman–Crippen LogP) is 0.972. The molecule has 0 aliphatic rings. The van der Waals surface area contributed by atoms with E-state index in [9.17, 15) is 4.79 Å². The van der Waals surface area contributed by atoms with E-state index in [2.05, 4.69) is 22.3 Å². The van der Waals surface area contributed by atoms with Crippen molar-refractivity contribution in [3.8, 4) is 0 Å². The fourth-order valence-corrected chi connectivity index (χ4v) is 1.90. The molecule has 1 amide bonds. The summed E-state index contributed by atoms with van der Waals surface area (Å²) in [4.78, 5) is 13.7. The Kier molecular flexibility index (Phi) is 6.39. The predicted molar refractivity (Wildman–Crippen MR) is 74.1 cm³/mol. The van der Waals surface area contributed by atoms with Crippen LogP contribution in [0.2, 0.25) is 0 Å². The Morgan fingerprint density at radius 1 is 1.39 bits per heavy atom. The largest absolute Gasteiger partial charge is 0.356 e. The van der Waals surface area contributed by atoms with Gasteiger partial charge in [-0.05, 0) is 19.5 Å². The number of benzene rings is 1. The molecule has 1 aromatic rings. The molecule has 0 saturated carbocycles. The van der Waals surface area contributed by atoms with Gasteiger partial charge in [0.05, 0.1) is 0 Å². The second-order valence-electron chi connectivity index (χ2n) is 4.45. The molecule has 0 aliphatic heterocycles. The Morgan fingerprint density at radius 3 is 2.61 bits per heavy atom. The topological polar surface area (TPSA) is 58.4 Å². The maximum atomic E-state index is 11.6. The summed E-state index contributed by atoms with van der Waals surface area (Å²) in [5, 5.41) is 2.81. The van der Waals surface area contributed by atoms with Crippen molar-refractivity contribution in [1.29, 1.82) is 0 Å². The van der Waals surface area contributed by atoms with E-state index in [0.717, 1.165) is 6.54 Å². The first-order valence-corrected chi connectivity index (χ1v) is 6.38. The number of carbonyl (C=O) groups excluding carboxylic acids is 1. The number of nitrogens with one attached hydrogen (secondary N) is 1. The first-order valence-electron chi connectivity index (χ1n) is 6.38. The van der Waals surface area contributed by atoms with Crippen LogP contribution < -0.4 is 11.1 Å². The van der Waals surface area contributed by atoms with Crippen LogP contribution in [0.15, 0.2) is 30.3 Å². The zero-order valence-corrected chi connectivity index (χ0v) is 11.2.